The lowest BCUT2D eigenvalue weighted by atomic mass is 9.97. The molecule has 176 valence electrons. The molecule has 2 aromatic carbocycles. The van der Waals surface area contributed by atoms with Gasteiger partial charge in [0.15, 0.2) is 15.0 Å². The fraction of sp³-hybridized carbons (Fsp3) is 0.364. The number of thiazole rings is 1. The highest BCUT2D eigenvalue weighted by Crippen LogP contribution is 2.31. The summed E-state index contributed by atoms with van der Waals surface area (Å²) in [5.74, 6) is -0.492. The van der Waals surface area contributed by atoms with Gasteiger partial charge in [0.05, 0.1) is 20.0 Å². The second-order valence-electron chi connectivity index (χ2n) is 8.36. The smallest absolute Gasteiger partial charge is 0.243 e. The van der Waals surface area contributed by atoms with Gasteiger partial charge in [-0.2, -0.15) is 4.31 Å². The summed E-state index contributed by atoms with van der Waals surface area (Å²) < 4.78 is 51.9. The number of carbonyl (C=O) groups is 1. The molecule has 11 heteroatoms. The minimum atomic E-state index is -3.85. The molecule has 1 aliphatic rings. The van der Waals surface area contributed by atoms with Gasteiger partial charge in [-0.25, -0.2) is 21.8 Å². The Balaban J connectivity index is 1.43. The maximum Gasteiger partial charge on any atom is 0.243 e. The maximum absolute atomic E-state index is 13.0. The molecular formula is C22H25N3O5S3. The topological polar surface area (TPSA) is 114 Å². The lowest BCUT2D eigenvalue weighted by Crippen LogP contribution is -2.41. The zero-order chi connectivity index (χ0) is 24.0. The number of fused-ring (bicyclic) bond motifs is 1. The van der Waals surface area contributed by atoms with E-state index < -0.39 is 19.9 Å². The van der Waals surface area contributed by atoms with E-state index in [1.54, 1.807) is 0 Å². The summed E-state index contributed by atoms with van der Waals surface area (Å²) in [5.41, 5.74) is 3.07. The number of rotatable bonds is 5. The predicted molar refractivity (Wildman–Crippen MR) is 129 cm³/mol. The Labute approximate surface area is 197 Å². The number of sulfone groups is 1. The van der Waals surface area contributed by atoms with E-state index in [4.69, 9.17) is 0 Å². The lowest BCUT2D eigenvalue weighted by Gasteiger charge is -2.30. The van der Waals surface area contributed by atoms with Crippen LogP contribution in [0.2, 0.25) is 0 Å². The Hall–Kier alpha value is -2.34. The van der Waals surface area contributed by atoms with Gasteiger partial charge in [0, 0.05) is 25.3 Å². The van der Waals surface area contributed by atoms with Crippen LogP contribution in [0.3, 0.4) is 0 Å². The molecule has 8 nitrogen and oxygen atoms in total. The van der Waals surface area contributed by atoms with E-state index in [9.17, 15) is 21.6 Å². The van der Waals surface area contributed by atoms with Crippen molar-refractivity contribution < 1.29 is 21.6 Å². The minimum absolute atomic E-state index is 0.0425. The van der Waals surface area contributed by atoms with Crippen molar-refractivity contribution in [2.75, 3.05) is 24.7 Å². The molecular weight excluding hydrogens is 482 g/mol. The average molecular weight is 508 g/mol. The van der Waals surface area contributed by atoms with Crippen LogP contribution in [0.15, 0.2) is 46.2 Å². The summed E-state index contributed by atoms with van der Waals surface area (Å²) in [5, 5.41) is 3.43. The zero-order valence-corrected chi connectivity index (χ0v) is 21.0. The lowest BCUT2D eigenvalue weighted by molar-refractivity contribution is -0.120. The van der Waals surface area contributed by atoms with Crippen LogP contribution >= 0.6 is 11.3 Å². The molecule has 3 aromatic rings. The first-order valence-electron chi connectivity index (χ1n) is 10.4. The van der Waals surface area contributed by atoms with Crippen LogP contribution in [0.25, 0.3) is 10.2 Å². The van der Waals surface area contributed by atoms with Gasteiger partial charge >= 0.3 is 0 Å². The van der Waals surface area contributed by atoms with Crippen LogP contribution in [-0.4, -0.2) is 51.4 Å². The van der Waals surface area contributed by atoms with Gasteiger partial charge in [0.1, 0.15) is 0 Å². The fourth-order valence-electron chi connectivity index (χ4n) is 4.00. The third-order valence-electron chi connectivity index (χ3n) is 5.76. The SMILES string of the molecule is Cc1cc(C)c2nc(NC(=O)C3CCN(S(=O)(=O)c4cccc(S(C)(=O)=O)c4)CC3)sc2c1. The number of benzene rings is 2. The number of aryl methyl sites for hydroxylation is 2. The molecule has 0 radical (unpaired) electrons. The van der Waals surface area contributed by atoms with Crippen LogP contribution in [0.4, 0.5) is 5.13 Å². The molecule has 1 aliphatic heterocycles. The highest BCUT2D eigenvalue weighted by molar-refractivity contribution is 7.91. The molecule has 1 N–H and O–H groups in total. The molecule has 1 saturated heterocycles. The van der Waals surface area contributed by atoms with Crippen LogP contribution in [0, 0.1) is 19.8 Å². The van der Waals surface area contributed by atoms with Gasteiger partial charge in [-0.3, -0.25) is 4.79 Å². The van der Waals surface area contributed by atoms with E-state index in [-0.39, 0.29) is 34.7 Å². The largest absolute Gasteiger partial charge is 0.302 e. The first-order chi connectivity index (χ1) is 15.4. The van der Waals surface area contributed by atoms with Crippen molar-refractivity contribution >= 4 is 52.5 Å². The van der Waals surface area contributed by atoms with Crippen molar-refractivity contribution in [2.24, 2.45) is 5.92 Å². The molecule has 2 heterocycles. The van der Waals surface area contributed by atoms with Crippen LogP contribution in [0.5, 0.6) is 0 Å². The number of sulfonamides is 1. The van der Waals surface area contributed by atoms with Gasteiger partial charge in [-0.05, 0) is 62.1 Å². The summed E-state index contributed by atoms with van der Waals surface area (Å²) in [7, 11) is -7.37. The van der Waals surface area contributed by atoms with Crippen molar-refractivity contribution in [2.45, 2.75) is 36.5 Å². The van der Waals surface area contributed by atoms with Gasteiger partial charge in [0.25, 0.3) is 0 Å². The molecule has 0 unspecified atom stereocenters. The molecule has 1 amide bonds. The first kappa shape index (κ1) is 23.8. The van der Waals surface area contributed by atoms with Crippen molar-refractivity contribution in [3.8, 4) is 0 Å². The number of hydrogen-bond donors (Lipinski definition) is 1. The van der Waals surface area contributed by atoms with Gasteiger partial charge in [-0.15, -0.1) is 0 Å². The van der Waals surface area contributed by atoms with Crippen LogP contribution in [-0.2, 0) is 24.7 Å². The summed E-state index contributed by atoms with van der Waals surface area (Å²) in [6, 6.07) is 9.45. The molecule has 0 atom stereocenters. The second-order valence-corrected chi connectivity index (χ2v) is 13.3. The van der Waals surface area contributed by atoms with E-state index in [0.717, 1.165) is 27.6 Å². The highest BCUT2D eigenvalue weighted by Gasteiger charge is 2.32. The number of hydrogen-bond acceptors (Lipinski definition) is 7. The zero-order valence-electron chi connectivity index (χ0n) is 18.5. The summed E-state index contributed by atoms with van der Waals surface area (Å²) in [6.45, 7) is 4.37. The van der Waals surface area contributed by atoms with Crippen molar-refractivity contribution in [1.82, 2.24) is 9.29 Å². The average Bonchev–Trinajstić information content (AvgIpc) is 3.16. The number of carbonyl (C=O) groups excluding carboxylic acids is 1. The number of anilines is 1. The van der Waals surface area contributed by atoms with Crippen molar-refractivity contribution in [3.63, 3.8) is 0 Å². The number of amides is 1. The molecule has 0 bridgehead atoms. The molecule has 4 rings (SSSR count). The number of piperidine rings is 1. The predicted octanol–water partition coefficient (Wildman–Crippen LogP) is 3.36. The summed E-state index contributed by atoms with van der Waals surface area (Å²) >= 11 is 1.42. The molecule has 0 saturated carbocycles. The van der Waals surface area contributed by atoms with Gasteiger partial charge in [-0.1, -0.05) is 23.5 Å². The van der Waals surface area contributed by atoms with Gasteiger partial charge < -0.3 is 5.32 Å². The van der Waals surface area contributed by atoms with Crippen molar-refractivity contribution in [1.29, 1.82) is 0 Å². The number of nitrogens with one attached hydrogen (secondary N) is 1. The van der Waals surface area contributed by atoms with E-state index in [2.05, 4.69) is 16.4 Å². The van der Waals surface area contributed by atoms with Crippen molar-refractivity contribution in [3.05, 3.63) is 47.5 Å². The second kappa shape index (κ2) is 8.79. The molecule has 0 spiro atoms. The standard InChI is InChI=1S/C22H25N3O5S3/c1-14-11-15(2)20-19(12-14)31-22(23-20)24-21(26)16-7-9-25(10-8-16)33(29,30)18-6-4-5-17(13-18)32(3,27)28/h4-6,11-13,16H,7-10H2,1-3H3,(H,23,24,26). The number of nitrogens with zero attached hydrogens (tertiary/aromatic N) is 2. The van der Waals surface area contributed by atoms with Crippen LogP contribution in [0.1, 0.15) is 24.0 Å². The molecule has 1 aromatic heterocycles. The van der Waals surface area contributed by atoms with E-state index >= 15 is 0 Å². The summed E-state index contributed by atoms with van der Waals surface area (Å²) in [4.78, 5) is 17.2. The highest BCUT2D eigenvalue weighted by atomic mass is 32.2. The van der Waals surface area contributed by atoms with Crippen LogP contribution < -0.4 is 5.32 Å². The Morgan fingerprint density at radius 3 is 2.39 bits per heavy atom. The third-order valence-corrected chi connectivity index (χ3v) is 9.68. The Morgan fingerprint density at radius 2 is 1.73 bits per heavy atom. The molecule has 1 fully saturated rings. The third kappa shape index (κ3) is 4.96. The number of aromatic nitrogens is 1. The maximum atomic E-state index is 13.0. The monoisotopic (exact) mass is 507 g/mol. The van der Waals surface area contributed by atoms with E-state index in [1.165, 1.54) is 39.9 Å². The Morgan fingerprint density at radius 1 is 1.06 bits per heavy atom. The normalized spacial score (nSPS) is 16.2. The minimum Gasteiger partial charge on any atom is -0.302 e. The fourth-order valence-corrected chi connectivity index (χ4v) is 7.31. The van der Waals surface area contributed by atoms with E-state index in [0.29, 0.717) is 18.0 Å². The summed E-state index contributed by atoms with van der Waals surface area (Å²) in [6.07, 6.45) is 1.79. The van der Waals surface area contributed by atoms with E-state index in [1.807, 2.05) is 19.9 Å². The quantitative estimate of drug-likeness (QED) is 0.567. The molecule has 0 aliphatic carbocycles. The Bertz CT molecular complexity index is 1440. The Kier molecular flexibility index (Phi) is 6.34. The molecule has 33 heavy (non-hydrogen) atoms. The van der Waals surface area contributed by atoms with Gasteiger partial charge in [0.2, 0.25) is 15.9 Å². The first-order valence-corrected chi connectivity index (χ1v) is 14.6.